The van der Waals surface area contributed by atoms with Gasteiger partial charge in [0.05, 0.1) is 36.2 Å². The number of anilines is 1. The van der Waals surface area contributed by atoms with Gasteiger partial charge in [0.1, 0.15) is 29.5 Å². The molecule has 0 atom stereocenters. The number of fused-ring (bicyclic) bond motifs is 2. The molecule has 6 rings (SSSR count). The van der Waals surface area contributed by atoms with Gasteiger partial charge in [0.15, 0.2) is 11.5 Å². The zero-order chi connectivity index (χ0) is 25.2. The van der Waals surface area contributed by atoms with E-state index in [9.17, 15) is 8.78 Å². The van der Waals surface area contributed by atoms with Crippen molar-refractivity contribution in [3.63, 3.8) is 0 Å². The van der Waals surface area contributed by atoms with Crippen LogP contribution >= 0.6 is 0 Å². The van der Waals surface area contributed by atoms with E-state index in [0.717, 1.165) is 11.8 Å². The van der Waals surface area contributed by atoms with Crippen molar-refractivity contribution in [3.05, 3.63) is 90.8 Å². The van der Waals surface area contributed by atoms with E-state index in [2.05, 4.69) is 35.7 Å². The van der Waals surface area contributed by atoms with Gasteiger partial charge in [-0.05, 0) is 36.4 Å². The minimum absolute atomic E-state index is 0.276. The second-order valence-corrected chi connectivity index (χ2v) is 8.13. The van der Waals surface area contributed by atoms with Gasteiger partial charge in [-0.15, -0.1) is 10.2 Å². The lowest BCUT2D eigenvalue weighted by molar-refractivity contribution is 0.290. The third-order valence-electron chi connectivity index (χ3n) is 5.62. The van der Waals surface area contributed by atoms with E-state index < -0.39 is 11.6 Å². The minimum Gasteiger partial charge on any atom is -0.490 e. The molecular weight excluding hydrogens is 480 g/mol. The summed E-state index contributed by atoms with van der Waals surface area (Å²) in [6, 6.07) is 12.1. The summed E-state index contributed by atoms with van der Waals surface area (Å²) in [7, 11) is 0. The maximum atomic E-state index is 13.7. The fourth-order valence-electron chi connectivity index (χ4n) is 3.90. The van der Waals surface area contributed by atoms with Gasteiger partial charge >= 0.3 is 0 Å². The Morgan fingerprint density at radius 1 is 0.946 bits per heavy atom. The van der Waals surface area contributed by atoms with Gasteiger partial charge in [-0.1, -0.05) is 0 Å². The first-order valence-electron chi connectivity index (χ1n) is 11.4. The van der Waals surface area contributed by atoms with Crippen LogP contribution < -0.4 is 10.1 Å². The Hall–Kier alpha value is -5.00. The predicted octanol–water partition coefficient (Wildman–Crippen LogP) is 3.90. The molecule has 0 aliphatic heterocycles. The van der Waals surface area contributed by atoms with E-state index >= 15 is 0 Å². The van der Waals surface area contributed by atoms with Crippen molar-refractivity contribution in [1.29, 1.82) is 0 Å². The maximum absolute atomic E-state index is 13.7. The van der Waals surface area contributed by atoms with Crippen LogP contribution in [0.5, 0.6) is 5.75 Å². The summed E-state index contributed by atoms with van der Waals surface area (Å²) in [5, 5.41) is 20.3. The van der Waals surface area contributed by atoms with Crippen molar-refractivity contribution in [2.75, 3.05) is 11.9 Å². The standard InChI is InChI=1S/C25H19F2N9O/c26-17-10-16(11-18(27)12-17)20-2-3-23-32-33-24(36(23)34-20)15-29-21-4-6-28-22-13-19(14-30-25(21)22)37-9-8-35-7-1-5-31-35/h1-7,10-14H,8-9,15H2,(H,28,29). The van der Waals surface area contributed by atoms with Gasteiger partial charge < -0.3 is 10.1 Å². The topological polar surface area (TPSA) is 108 Å². The van der Waals surface area contributed by atoms with Crippen LogP contribution in [-0.2, 0) is 13.1 Å². The molecule has 1 aromatic carbocycles. The lowest BCUT2D eigenvalue weighted by atomic mass is 10.1. The van der Waals surface area contributed by atoms with E-state index in [0.29, 0.717) is 52.7 Å². The van der Waals surface area contributed by atoms with Crippen molar-refractivity contribution in [1.82, 2.24) is 39.6 Å². The lowest BCUT2D eigenvalue weighted by Gasteiger charge is -2.10. The second-order valence-electron chi connectivity index (χ2n) is 8.13. The number of hydrogen-bond acceptors (Lipinski definition) is 8. The highest BCUT2D eigenvalue weighted by Gasteiger charge is 2.12. The number of benzene rings is 1. The molecule has 0 saturated heterocycles. The quantitative estimate of drug-likeness (QED) is 0.336. The highest BCUT2D eigenvalue weighted by Crippen LogP contribution is 2.24. The highest BCUT2D eigenvalue weighted by molar-refractivity contribution is 5.87. The Bertz CT molecular complexity index is 1680. The molecule has 0 spiro atoms. The fourth-order valence-corrected chi connectivity index (χ4v) is 3.90. The molecule has 0 unspecified atom stereocenters. The summed E-state index contributed by atoms with van der Waals surface area (Å²) < 4.78 is 36.5. The largest absolute Gasteiger partial charge is 0.490 e. The number of ether oxygens (including phenoxy) is 1. The van der Waals surface area contributed by atoms with Crippen LogP contribution in [0.25, 0.3) is 27.9 Å². The molecule has 10 nitrogen and oxygen atoms in total. The lowest BCUT2D eigenvalue weighted by Crippen LogP contribution is -2.09. The molecule has 5 heterocycles. The molecule has 0 saturated carbocycles. The highest BCUT2D eigenvalue weighted by atomic mass is 19.1. The molecule has 0 aliphatic rings. The summed E-state index contributed by atoms with van der Waals surface area (Å²) in [6.07, 6.45) is 6.92. The van der Waals surface area contributed by atoms with E-state index in [-0.39, 0.29) is 6.54 Å². The monoisotopic (exact) mass is 499 g/mol. The molecule has 0 fully saturated rings. The number of rotatable bonds is 8. The van der Waals surface area contributed by atoms with Crippen molar-refractivity contribution >= 4 is 22.4 Å². The first kappa shape index (κ1) is 22.5. The summed E-state index contributed by atoms with van der Waals surface area (Å²) in [5.41, 5.74) is 3.29. The Labute approximate surface area is 208 Å². The van der Waals surface area contributed by atoms with Gasteiger partial charge in [-0.2, -0.15) is 14.7 Å². The van der Waals surface area contributed by atoms with Gasteiger partial charge in [0.25, 0.3) is 0 Å². The molecule has 184 valence electrons. The van der Waals surface area contributed by atoms with Crippen molar-refractivity contribution in [2.45, 2.75) is 13.1 Å². The van der Waals surface area contributed by atoms with E-state index in [1.807, 2.05) is 24.4 Å². The molecule has 6 aromatic rings. The molecule has 0 amide bonds. The van der Waals surface area contributed by atoms with Crippen LogP contribution in [0.4, 0.5) is 14.5 Å². The third kappa shape index (κ3) is 4.76. The summed E-state index contributed by atoms with van der Waals surface area (Å²) in [4.78, 5) is 8.94. The molecular formula is C25H19F2N9O. The number of halogens is 2. The molecule has 1 N–H and O–H groups in total. The van der Waals surface area contributed by atoms with E-state index in [1.165, 1.54) is 16.6 Å². The smallest absolute Gasteiger partial charge is 0.178 e. The van der Waals surface area contributed by atoms with Crippen LogP contribution in [0.3, 0.4) is 0 Å². The Kier molecular flexibility index (Phi) is 5.81. The van der Waals surface area contributed by atoms with Gasteiger partial charge in [0.2, 0.25) is 0 Å². The van der Waals surface area contributed by atoms with Crippen LogP contribution in [0.1, 0.15) is 5.82 Å². The number of pyridine rings is 2. The molecule has 0 bridgehead atoms. The van der Waals surface area contributed by atoms with E-state index in [1.54, 1.807) is 35.4 Å². The third-order valence-corrected chi connectivity index (χ3v) is 5.62. The molecule has 12 heteroatoms. The number of aromatic nitrogens is 8. The van der Waals surface area contributed by atoms with Gasteiger partial charge in [-0.3, -0.25) is 9.67 Å². The van der Waals surface area contributed by atoms with Gasteiger partial charge in [-0.25, -0.2) is 13.8 Å². The fraction of sp³-hybridized carbons (Fsp3) is 0.120. The first-order valence-corrected chi connectivity index (χ1v) is 11.4. The normalized spacial score (nSPS) is 11.3. The zero-order valence-electron chi connectivity index (χ0n) is 19.3. The average Bonchev–Trinajstić information content (AvgIpc) is 3.56. The Morgan fingerprint density at radius 2 is 1.84 bits per heavy atom. The zero-order valence-corrected chi connectivity index (χ0v) is 19.3. The number of nitrogens with zero attached hydrogens (tertiary/aromatic N) is 8. The molecule has 37 heavy (non-hydrogen) atoms. The van der Waals surface area contributed by atoms with Crippen LogP contribution in [0.2, 0.25) is 0 Å². The maximum Gasteiger partial charge on any atom is 0.178 e. The summed E-state index contributed by atoms with van der Waals surface area (Å²) in [5.74, 6) is -0.229. The summed E-state index contributed by atoms with van der Waals surface area (Å²) in [6.45, 7) is 1.35. The van der Waals surface area contributed by atoms with Crippen LogP contribution in [-0.4, -0.2) is 46.2 Å². The van der Waals surface area contributed by atoms with E-state index in [4.69, 9.17) is 4.74 Å². The predicted molar refractivity (Wildman–Crippen MR) is 131 cm³/mol. The molecule has 0 aliphatic carbocycles. The second kappa shape index (κ2) is 9.57. The minimum atomic E-state index is -0.675. The van der Waals surface area contributed by atoms with Crippen LogP contribution in [0, 0.1) is 11.6 Å². The first-order chi connectivity index (χ1) is 18.1. The summed E-state index contributed by atoms with van der Waals surface area (Å²) >= 11 is 0. The Balaban J connectivity index is 1.20. The van der Waals surface area contributed by atoms with Crippen molar-refractivity contribution < 1.29 is 13.5 Å². The SMILES string of the molecule is Fc1cc(F)cc(-c2ccc3nnc(CNc4ccnc5cc(OCCn6cccn6)cnc45)n3n2)c1. The van der Waals surface area contributed by atoms with Gasteiger partial charge in [0, 0.05) is 36.3 Å². The molecule has 5 aromatic heterocycles. The molecule has 0 radical (unpaired) electrons. The Morgan fingerprint density at radius 3 is 2.68 bits per heavy atom. The van der Waals surface area contributed by atoms with Crippen molar-refractivity contribution in [3.8, 4) is 17.0 Å². The number of hydrogen-bond donors (Lipinski definition) is 1. The van der Waals surface area contributed by atoms with Crippen LogP contribution in [0.15, 0.2) is 73.3 Å². The average molecular weight is 499 g/mol. The number of nitrogens with one attached hydrogen (secondary N) is 1. The van der Waals surface area contributed by atoms with Crippen molar-refractivity contribution in [2.24, 2.45) is 0 Å².